The molecule has 0 bridgehead atoms. The molecule has 1 aliphatic heterocycles. The molecule has 2 heterocycles. The van der Waals surface area contributed by atoms with Gasteiger partial charge in [-0.15, -0.1) is 0 Å². The zero-order valence-electron chi connectivity index (χ0n) is 9.69. The van der Waals surface area contributed by atoms with Gasteiger partial charge in [0.1, 0.15) is 5.82 Å². The molecule has 1 aromatic heterocycles. The van der Waals surface area contributed by atoms with Gasteiger partial charge in [0, 0.05) is 19.2 Å². The number of pyridine rings is 1. The highest BCUT2D eigenvalue weighted by Gasteiger charge is 2.24. The first-order valence-electron chi connectivity index (χ1n) is 5.65. The summed E-state index contributed by atoms with van der Waals surface area (Å²) in [6.07, 6.45) is 2.68. The van der Waals surface area contributed by atoms with Gasteiger partial charge < -0.3 is 10.6 Å². The smallest absolute Gasteiger partial charge is 0.230 e. The van der Waals surface area contributed by atoms with E-state index in [0.29, 0.717) is 25.2 Å². The van der Waals surface area contributed by atoms with E-state index in [2.05, 4.69) is 15.6 Å². The summed E-state index contributed by atoms with van der Waals surface area (Å²) >= 11 is 0. The average molecular weight is 233 g/mol. The van der Waals surface area contributed by atoms with Crippen LogP contribution in [0.1, 0.15) is 18.4 Å². The summed E-state index contributed by atoms with van der Waals surface area (Å²) < 4.78 is 0. The quantitative estimate of drug-likeness (QED) is 0.795. The molecule has 2 amide bonds. The number of nitrogens with one attached hydrogen (secondary N) is 2. The number of nitrogens with zero attached hydrogens (tertiary/aromatic N) is 1. The largest absolute Gasteiger partial charge is 0.355 e. The molecule has 0 spiro atoms. The number of carbonyl (C=O) groups excluding carboxylic acids is 2. The Morgan fingerprint density at radius 3 is 3.06 bits per heavy atom. The van der Waals surface area contributed by atoms with Gasteiger partial charge in [-0.1, -0.05) is 0 Å². The fourth-order valence-corrected chi connectivity index (χ4v) is 1.79. The van der Waals surface area contributed by atoms with Gasteiger partial charge in [0.05, 0.1) is 5.92 Å². The Bertz CT molecular complexity index is 435. The molecule has 1 aliphatic rings. The Labute approximate surface area is 99.6 Å². The molecule has 0 unspecified atom stereocenters. The van der Waals surface area contributed by atoms with Crippen LogP contribution in [0.2, 0.25) is 0 Å². The van der Waals surface area contributed by atoms with Crippen molar-refractivity contribution in [1.29, 1.82) is 0 Å². The van der Waals surface area contributed by atoms with E-state index in [4.69, 9.17) is 0 Å². The van der Waals surface area contributed by atoms with Gasteiger partial charge in [0.2, 0.25) is 11.8 Å². The highest BCUT2D eigenvalue weighted by molar-refractivity contribution is 5.93. The predicted octanol–water partition coefficient (Wildman–Crippen LogP) is 0.855. The first-order chi connectivity index (χ1) is 8.15. The van der Waals surface area contributed by atoms with Gasteiger partial charge in [0.15, 0.2) is 0 Å². The number of anilines is 1. The van der Waals surface area contributed by atoms with Crippen LogP contribution in [0.5, 0.6) is 0 Å². The van der Waals surface area contributed by atoms with Crippen molar-refractivity contribution in [1.82, 2.24) is 10.3 Å². The van der Waals surface area contributed by atoms with E-state index in [1.54, 1.807) is 6.20 Å². The first-order valence-corrected chi connectivity index (χ1v) is 5.65. The molecule has 1 aromatic rings. The summed E-state index contributed by atoms with van der Waals surface area (Å²) in [5, 5.41) is 5.46. The minimum atomic E-state index is -0.157. The standard InChI is InChI=1S/C12H15N3O2/c1-8-4-5-13-10(6-8)15-12(17)9-2-3-11(16)14-7-9/h4-6,9H,2-3,7H2,1H3,(H,14,16)(H,13,15,17)/t9-/m1/s1. The molecular formula is C12H15N3O2. The number of rotatable bonds is 2. The van der Waals surface area contributed by atoms with Crippen molar-refractivity contribution in [3.63, 3.8) is 0 Å². The van der Waals surface area contributed by atoms with Gasteiger partial charge in [-0.05, 0) is 31.0 Å². The third-order valence-corrected chi connectivity index (χ3v) is 2.80. The minimum Gasteiger partial charge on any atom is -0.355 e. The molecule has 17 heavy (non-hydrogen) atoms. The van der Waals surface area contributed by atoms with Gasteiger partial charge in [-0.3, -0.25) is 9.59 Å². The van der Waals surface area contributed by atoms with Gasteiger partial charge >= 0.3 is 0 Å². The van der Waals surface area contributed by atoms with E-state index >= 15 is 0 Å². The topological polar surface area (TPSA) is 71.1 Å². The maximum Gasteiger partial charge on any atom is 0.230 e. The number of amides is 2. The minimum absolute atomic E-state index is 0.0164. The van der Waals surface area contributed by atoms with Crippen molar-refractivity contribution in [2.75, 3.05) is 11.9 Å². The second-order valence-electron chi connectivity index (χ2n) is 4.25. The lowest BCUT2D eigenvalue weighted by Gasteiger charge is -2.21. The lowest BCUT2D eigenvalue weighted by atomic mass is 9.98. The summed E-state index contributed by atoms with van der Waals surface area (Å²) in [4.78, 5) is 26.9. The predicted molar refractivity (Wildman–Crippen MR) is 63.3 cm³/mol. The van der Waals surface area contributed by atoms with Crippen molar-refractivity contribution in [3.8, 4) is 0 Å². The van der Waals surface area contributed by atoms with Crippen molar-refractivity contribution in [2.45, 2.75) is 19.8 Å². The van der Waals surface area contributed by atoms with Crippen LogP contribution in [0.3, 0.4) is 0 Å². The van der Waals surface area contributed by atoms with E-state index < -0.39 is 0 Å². The van der Waals surface area contributed by atoms with Crippen LogP contribution in [0.15, 0.2) is 18.3 Å². The summed E-state index contributed by atoms with van der Waals surface area (Å²) in [6, 6.07) is 3.69. The SMILES string of the molecule is Cc1ccnc(NC(=O)[C@@H]2CCC(=O)NC2)c1. The third-order valence-electron chi connectivity index (χ3n) is 2.80. The summed E-state index contributed by atoms with van der Waals surface area (Å²) in [5.74, 6) is 0.341. The van der Waals surface area contributed by atoms with Crippen LogP contribution < -0.4 is 10.6 Å². The number of piperidine rings is 1. The Morgan fingerprint density at radius 2 is 2.41 bits per heavy atom. The van der Waals surface area contributed by atoms with Crippen LogP contribution in [0, 0.1) is 12.8 Å². The van der Waals surface area contributed by atoms with E-state index in [-0.39, 0.29) is 17.7 Å². The molecule has 5 heteroatoms. The Balaban J connectivity index is 1.95. The molecule has 1 atom stereocenters. The van der Waals surface area contributed by atoms with Crippen LogP contribution in [0.25, 0.3) is 0 Å². The van der Waals surface area contributed by atoms with E-state index in [1.165, 1.54) is 0 Å². The molecule has 1 saturated heterocycles. The van der Waals surface area contributed by atoms with Crippen molar-refractivity contribution in [2.24, 2.45) is 5.92 Å². The average Bonchev–Trinajstić information content (AvgIpc) is 2.29. The fourth-order valence-electron chi connectivity index (χ4n) is 1.79. The molecule has 0 aromatic carbocycles. The summed E-state index contributed by atoms with van der Waals surface area (Å²) in [6.45, 7) is 2.36. The van der Waals surface area contributed by atoms with Crippen LogP contribution in [-0.2, 0) is 9.59 Å². The van der Waals surface area contributed by atoms with Crippen molar-refractivity contribution >= 4 is 17.6 Å². The van der Waals surface area contributed by atoms with E-state index in [9.17, 15) is 9.59 Å². The number of hydrogen-bond acceptors (Lipinski definition) is 3. The third kappa shape index (κ3) is 3.03. The molecule has 0 saturated carbocycles. The van der Waals surface area contributed by atoms with Crippen LogP contribution in [0.4, 0.5) is 5.82 Å². The van der Waals surface area contributed by atoms with Crippen molar-refractivity contribution < 1.29 is 9.59 Å². The lowest BCUT2D eigenvalue weighted by molar-refractivity contribution is -0.126. The second kappa shape index (κ2) is 4.95. The lowest BCUT2D eigenvalue weighted by Crippen LogP contribution is -2.40. The molecular weight excluding hydrogens is 218 g/mol. The molecule has 1 fully saturated rings. The maximum atomic E-state index is 11.9. The zero-order valence-corrected chi connectivity index (χ0v) is 9.69. The highest BCUT2D eigenvalue weighted by Crippen LogP contribution is 2.14. The summed E-state index contributed by atoms with van der Waals surface area (Å²) in [7, 11) is 0. The number of hydrogen-bond donors (Lipinski definition) is 2. The molecule has 0 aliphatic carbocycles. The van der Waals surface area contributed by atoms with Gasteiger partial charge in [-0.2, -0.15) is 0 Å². The Kier molecular flexibility index (Phi) is 3.37. The summed E-state index contributed by atoms with van der Waals surface area (Å²) in [5.41, 5.74) is 1.05. The Morgan fingerprint density at radius 1 is 1.59 bits per heavy atom. The fraction of sp³-hybridized carbons (Fsp3) is 0.417. The normalized spacial score (nSPS) is 19.6. The second-order valence-corrected chi connectivity index (χ2v) is 4.25. The Hall–Kier alpha value is -1.91. The maximum absolute atomic E-state index is 11.9. The number of aromatic nitrogens is 1. The molecule has 90 valence electrons. The molecule has 0 radical (unpaired) electrons. The van der Waals surface area contributed by atoms with E-state index in [1.807, 2.05) is 19.1 Å². The van der Waals surface area contributed by atoms with Crippen molar-refractivity contribution in [3.05, 3.63) is 23.9 Å². The van der Waals surface area contributed by atoms with Gasteiger partial charge in [0.25, 0.3) is 0 Å². The zero-order chi connectivity index (χ0) is 12.3. The van der Waals surface area contributed by atoms with Gasteiger partial charge in [-0.25, -0.2) is 4.98 Å². The van der Waals surface area contributed by atoms with Crippen LogP contribution >= 0.6 is 0 Å². The molecule has 2 N–H and O–H groups in total. The molecule has 2 rings (SSSR count). The number of aryl methyl sites for hydroxylation is 1. The van der Waals surface area contributed by atoms with E-state index in [0.717, 1.165) is 5.56 Å². The monoisotopic (exact) mass is 233 g/mol. The molecule has 5 nitrogen and oxygen atoms in total. The van der Waals surface area contributed by atoms with Crippen LogP contribution in [-0.4, -0.2) is 23.3 Å². The number of carbonyl (C=O) groups is 2. The first kappa shape index (κ1) is 11.6. The highest BCUT2D eigenvalue weighted by atomic mass is 16.2.